The maximum Gasteiger partial charge on any atom is 0.274 e. The van der Waals surface area contributed by atoms with Crippen molar-refractivity contribution in [3.63, 3.8) is 0 Å². The van der Waals surface area contributed by atoms with Crippen molar-refractivity contribution in [3.05, 3.63) is 83.9 Å². The van der Waals surface area contributed by atoms with E-state index in [2.05, 4.69) is 0 Å². The molecule has 4 nitrogen and oxygen atoms in total. The zero-order chi connectivity index (χ0) is 17.3. The van der Waals surface area contributed by atoms with Crippen molar-refractivity contribution in [2.45, 2.75) is 18.0 Å². The van der Waals surface area contributed by atoms with Gasteiger partial charge in [-0.3, -0.25) is 0 Å². The monoisotopic (exact) mass is 326 g/mol. The summed E-state index contributed by atoms with van der Waals surface area (Å²) in [5, 5.41) is 21.4. The molecular formula is C21H14N2O2. The molecule has 1 aliphatic rings. The first-order chi connectivity index (χ1) is 12.3. The van der Waals surface area contributed by atoms with Crippen molar-refractivity contribution in [3.8, 4) is 12.1 Å². The highest BCUT2D eigenvalue weighted by Crippen LogP contribution is 2.47. The molecule has 0 bridgehead atoms. The highest BCUT2D eigenvalue weighted by atomic mass is 16.7. The van der Waals surface area contributed by atoms with Crippen LogP contribution < -0.4 is 0 Å². The van der Waals surface area contributed by atoms with Gasteiger partial charge in [-0.05, 0) is 16.3 Å². The predicted octanol–water partition coefficient (Wildman–Crippen LogP) is 4.41. The van der Waals surface area contributed by atoms with Crippen molar-refractivity contribution < 1.29 is 9.47 Å². The van der Waals surface area contributed by atoms with Crippen molar-refractivity contribution in [1.82, 2.24) is 0 Å². The summed E-state index contributed by atoms with van der Waals surface area (Å²) in [7, 11) is 0. The molecule has 0 unspecified atom stereocenters. The first-order valence-corrected chi connectivity index (χ1v) is 7.96. The molecule has 1 saturated heterocycles. The molecule has 0 saturated carbocycles. The van der Waals surface area contributed by atoms with Crippen molar-refractivity contribution in [2.75, 3.05) is 0 Å². The van der Waals surface area contributed by atoms with Crippen LogP contribution in [-0.4, -0.2) is 5.60 Å². The molecule has 0 N–H and O–H groups in total. The number of hydrogen-bond acceptors (Lipinski definition) is 4. The summed E-state index contributed by atoms with van der Waals surface area (Å²) in [6.07, 6.45) is -1.55. The Morgan fingerprint density at radius 2 is 1.48 bits per heavy atom. The third-order valence-electron chi connectivity index (χ3n) is 4.43. The number of rotatable bonds is 2. The van der Waals surface area contributed by atoms with Crippen LogP contribution in [0, 0.1) is 22.7 Å². The molecule has 3 aromatic rings. The Morgan fingerprint density at radius 1 is 0.800 bits per heavy atom. The lowest BCUT2D eigenvalue weighted by atomic mass is 9.90. The highest BCUT2D eigenvalue weighted by molar-refractivity contribution is 5.86. The van der Waals surface area contributed by atoms with Gasteiger partial charge in [0.2, 0.25) is 0 Å². The van der Waals surface area contributed by atoms with Crippen LogP contribution in [0.25, 0.3) is 10.8 Å². The Bertz CT molecular complexity index is 982. The molecule has 4 heteroatoms. The first-order valence-electron chi connectivity index (χ1n) is 7.96. The molecule has 1 aliphatic heterocycles. The number of benzene rings is 3. The minimum atomic E-state index is -1.69. The first kappa shape index (κ1) is 15.4. The molecule has 1 heterocycles. The average molecular weight is 326 g/mol. The van der Waals surface area contributed by atoms with Gasteiger partial charge < -0.3 is 9.47 Å². The van der Waals surface area contributed by atoms with E-state index >= 15 is 0 Å². The zero-order valence-electron chi connectivity index (χ0n) is 13.3. The molecular weight excluding hydrogens is 312 g/mol. The number of fused-ring (bicyclic) bond motifs is 1. The van der Waals surface area contributed by atoms with E-state index in [9.17, 15) is 10.5 Å². The lowest BCUT2D eigenvalue weighted by Gasteiger charge is -2.19. The standard InChI is InChI=1S/C21H14N2O2/c22-13-21(14-23)19(24-20(25-21)16-8-2-1-3-9-16)18-12-6-10-15-7-4-5-11-17(15)18/h1-12,19-20H/t19-,20-/m0/s1. The SMILES string of the molecule is N#CC1(C#N)O[C@@H](c2ccccc2)O[C@H]1c1cccc2ccccc12. The van der Waals surface area contributed by atoms with Crippen LogP contribution in [0.2, 0.25) is 0 Å². The van der Waals surface area contributed by atoms with E-state index in [0.29, 0.717) is 0 Å². The minimum Gasteiger partial charge on any atom is -0.335 e. The summed E-state index contributed by atoms with van der Waals surface area (Å²) in [4.78, 5) is 0. The molecule has 0 radical (unpaired) electrons. The smallest absolute Gasteiger partial charge is 0.274 e. The lowest BCUT2D eigenvalue weighted by Crippen LogP contribution is -2.30. The Hall–Kier alpha value is -3.18. The summed E-state index contributed by atoms with van der Waals surface area (Å²) in [6.45, 7) is 0. The quantitative estimate of drug-likeness (QED) is 0.699. The molecule has 0 amide bonds. The van der Waals surface area contributed by atoms with E-state index in [1.54, 1.807) is 0 Å². The van der Waals surface area contributed by atoms with Crippen LogP contribution in [0.15, 0.2) is 72.8 Å². The Kier molecular flexibility index (Phi) is 3.71. The lowest BCUT2D eigenvalue weighted by molar-refractivity contribution is -0.0717. The van der Waals surface area contributed by atoms with Crippen LogP contribution in [-0.2, 0) is 9.47 Å². The van der Waals surface area contributed by atoms with Gasteiger partial charge in [0.05, 0.1) is 0 Å². The van der Waals surface area contributed by atoms with E-state index in [0.717, 1.165) is 21.9 Å². The third kappa shape index (κ3) is 2.45. The predicted molar refractivity (Wildman–Crippen MR) is 92.0 cm³/mol. The number of ether oxygens (including phenoxy) is 2. The van der Waals surface area contributed by atoms with Crippen LogP contribution in [0.4, 0.5) is 0 Å². The summed E-state index contributed by atoms with van der Waals surface area (Å²) >= 11 is 0. The van der Waals surface area contributed by atoms with E-state index in [4.69, 9.17) is 9.47 Å². The van der Waals surface area contributed by atoms with Gasteiger partial charge in [-0.2, -0.15) is 10.5 Å². The fourth-order valence-electron chi connectivity index (χ4n) is 3.20. The molecule has 1 fully saturated rings. The average Bonchev–Trinajstić information content (AvgIpc) is 3.08. The van der Waals surface area contributed by atoms with E-state index in [1.165, 1.54) is 0 Å². The fraction of sp³-hybridized carbons (Fsp3) is 0.143. The van der Waals surface area contributed by atoms with Gasteiger partial charge in [0.1, 0.15) is 18.2 Å². The third-order valence-corrected chi connectivity index (χ3v) is 4.43. The van der Waals surface area contributed by atoms with E-state index in [1.807, 2.05) is 84.9 Å². The molecule has 2 atom stereocenters. The van der Waals surface area contributed by atoms with Gasteiger partial charge in [0, 0.05) is 5.56 Å². The molecule has 4 rings (SSSR count). The number of hydrogen-bond donors (Lipinski definition) is 0. The molecule has 0 aromatic heterocycles. The summed E-state index contributed by atoms with van der Waals surface area (Å²) in [6, 6.07) is 27.0. The summed E-state index contributed by atoms with van der Waals surface area (Å²) in [5.41, 5.74) is -0.135. The number of nitrogens with zero attached hydrogens (tertiary/aromatic N) is 2. The van der Waals surface area contributed by atoms with Gasteiger partial charge in [-0.1, -0.05) is 72.8 Å². The zero-order valence-corrected chi connectivity index (χ0v) is 13.3. The van der Waals surface area contributed by atoms with E-state index in [-0.39, 0.29) is 0 Å². The fourth-order valence-corrected chi connectivity index (χ4v) is 3.20. The topological polar surface area (TPSA) is 66.0 Å². The normalized spacial score (nSPS) is 21.5. The minimum absolute atomic E-state index is 0.760. The molecule has 0 aliphatic carbocycles. The van der Waals surface area contributed by atoms with Crippen molar-refractivity contribution >= 4 is 10.8 Å². The largest absolute Gasteiger partial charge is 0.335 e. The van der Waals surface area contributed by atoms with Crippen LogP contribution in [0.3, 0.4) is 0 Å². The van der Waals surface area contributed by atoms with Crippen molar-refractivity contribution in [1.29, 1.82) is 10.5 Å². The second-order valence-electron chi connectivity index (χ2n) is 5.90. The second kappa shape index (κ2) is 6.03. The maximum absolute atomic E-state index is 9.71. The van der Waals surface area contributed by atoms with Gasteiger partial charge in [-0.15, -0.1) is 0 Å². The Labute approximate surface area is 145 Å². The second-order valence-corrected chi connectivity index (χ2v) is 5.90. The summed E-state index contributed by atoms with van der Waals surface area (Å²) in [5.74, 6) is 0. The Balaban J connectivity index is 1.84. The van der Waals surface area contributed by atoms with Gasteiger partial charge in [-0.25, -0.2) is 0 Å². The molecule has 120 valence electrons. The van der Waals surface area contributed by atoms with Crippen LogP contribution in [0.1, 0.15) is 23.5 Å². The van der Waals surface area contributed by atoms with Crippen LogP contribution in [0.5, 0.6) is 0 Å². The summed E-state index contributed by atoms with van der Waals surface area (Å²) < 4.78 is 11.9. The molecule has 3 aromatic carbocycles. The maximum atomic E-state index is 9.71. The molecule has 25 heavy (non-hydrogen) atoms. The van der Waals surface area contributed by atoms with E-state index < -0.39 is 18.0 Å². The van der Waals surface area contributed by atoms with Gasteiger partial charge in [0.15, 0.2) is 6.29 Å². The number of nitriles is 2. The van der Waals surface area contributed by atoms with Crippen LogP contribution >= 0.6 is 0 Å². The van der Waals surface area contributed by atoms with Gasteiger partial charge in [0.25, 0.3) is 5.60 Å². The highest BCUT2D eigenvalue weighted by Gasteiger charge is 2.53. The van der Waals surface area contributed by atoms with Crippen molar-refractivity contribution in [2.24, 2.45) is 0 Å². The molecule has 0 spiro atoms. The van der Waals surface area contributed by atoms with Gasteiger partial charge >= 0.3 is 0 Å². The Morgan fingerprint density at radius 3 is 2.24 bits per heavy atom.